The van der Waals surface area contributed by atoms with Crippen molar-refractivity contribution in [3.8, 4) is 0 Å². The minimum atomic E-state index is -0.935. The molecule has 1 saturated heterocycles. The number of carbonyl (C=O) groups is 4. The minimum Gasteiger partial charge on any atom is -0.322 e. The lowest BCUT2D eigenvalue weighted by molar-refractivity contribution is -0.136. The Hall–Kier alpha value is -4.52. The molecule has 3 aromatic rings. The van der Waals surface area contributed by atoms with Crippen LogP contribution >= 0.6 is 0 Å². The van der Waals surface area contributed by atoms with E-state index in [9.17, 15) is 36.7 Å². The van der Waals surface area contributed by atoms with Gasteiger partial charge in [0.1, 0.15) is 29.2 Å². The molecule has 1 unspecified atom stereocenters. The first-order valence-electron chi connectivity index (χ1n) is 14.7. The van der Waals surface area contributed by atoms with Crippen molar-refractivity contribution in [1.82, 2.24) is 25.5 Å². The average Bonchev–Trinajstić information content (AvgIpc) is 3.33. The van der Waals surface area contributed by atoms with Crippen LogP contribution in [-0.4, -0.2) is 51.0 Å². The van der Waals surface area contributed by atoms with Crippen LogP contribution < -0.4 is 10.6 Å². The predicted octanol–water partition coefficient (Wildman–Crippen LogP) is 4.18. The van der Waals surface area contributed by atoms with E-state index in [4.69, 9.17) is 0 Å². The molecule has 0 radical (unpaired) electrons. The number of halogens is 4. The molecule has 1 aromatic carbocycles. The van der Waals surface area contributed by atoms with Crippen LogP contribution in [0.4, 0.5) is 17.6 Å². The van der Waals surface area contributed by atoms with Crippen LogP contribution in [0.2, 0.25) is 0 Å². The van der Waals surface area contributed by atoms with Crippen molar-refractivity contribution in [2.75, 3.05) is 0 Å². The summed E-state index contributed by atoms with van der Waals surface area (Å²) >= 11 is 0. The third kappa shape index (κ3) is 7.59. The highest BCUT2D eigenvalue weighted by molar-refractivity contribution is 6.05. The zero-order chi connectivity index (χ0) is 32.1. The lowest BCUT2D eigenvalue weighted by atomic mass is 9.80. The van der Waals surface area contributed by atoms with Gasteiger partial charge in [0.2, 0.25) is 11.8 Å². The van der Waals surface area contributed by atoms with Gasteiger partial charge in [0.15, 0.2) is 12.1 Å². The Balaban J connectivity index is 0.000000342. The van der Waals surface area contributed by atoms with Crippen molar-refractivity contribution in [2.45, 2.75) is 70.1 Å². The van der Waals surface area contributed by atoms with Gasteiger partial charge in [-0.25, -0.2) is 22.5 Å². The first-order valence-corrected chi connectivity index (χ1v) is 14.7. The molecule has 0 spiro atoms. The van der Waals surface area contributed by atoms with Gasteiger partial charge in [-0.3, -0.25) is 29.5 Å². The van der Waals surface area contributed by atoms with Crippen LogP contribution in [0.5, 0.6) is 0 Å². The fraction of sp³-hybridized carbons (Fsp3) is 0.375. The SMILES string of the molecule is O=C1CCC(N2Cc3cc(C[C@H]4CCCC[C@@H]4NCc4ncc(F)cc4F)ccc3C2=O)C(=O)N1.O=Cc1ncc(F)cc1F. The van der Waals surface area contributed by atoms with Gasteiger partial charge in [0.25, 0.3) is 5.91 Å². The van der Waals surface area contributed by atoms with Crippen LogP contribution in [0.25, 0.3) is 0 Å². The number of nitrogens with one attached hydrogen (secondary N) is 2. The number of hydrogen-bond acceptors (Lipinski definition) is 7. The Kier molecular flexibility index (Phi) is 9.96. The summed E-state index contributed by atoms with van der Waals surface area (Å²) in [5.41, 5.74) is 2.46. The van der Waals surface area contributed by atoms with E-state index < -0.39 is 35.2 Å². The maximum Gasteiger partial charge on any atom is 0.255 e. The summed E-state index contributed by atoms with van der Waals surface area (Å²) in [4.78, 5) is 55.2. The Labute approximate surface area is 256 Å². The van der Waals surface area contributed by atoms with Crippen LogP contribution in [0.1, 0.15) is 76.2 Å². The summed E-state index contributed by atoms with van der Waals surface area (Å²) in [6.45, 7) is 0.600. The highest BCUT2D eigenvalue weighted by atomic mass is 19.1. The minimum absolute atomic E-state index is 0.174. The second kappa shape index (κ2) is 14.1. The van der Waals surface area contributed by atoms with Crippen LogP contribution in [-0.2, 0) is 29.1 Å². The monoisotopic (exact) mass is 625 g/mol. The predicted molar refractivity (Wildman–Crippen MR) is 152 cm³/mol. The molecule has 3 atom stereocenters. The topological polar surface area (TPSA) is 121 Å². The van der Waals surface area contributed by atoms with Crippen LogP contribution in [0, 0.1) is 29.2 Å². The molecular formula is C32H31F4N5O4. The molecule has 6 rings (SSSR count). The van der Waals surface area contributed by atoms with Gasteiger partial charge in [-0.15, -0.1) is 0 Å². The van der Waals surface area contributed by atoms with E-state index >= 15 is 0 Å². The highest BCUT2D eigenvalue weighted by Crippen LogP contribution is 2.32. The third-order valence-electron chi connectivity index (χ3n) is 8.36. The normalized spacial score (nSPS) is 21.1. The van der Waals surface area contributed by atoms with Crippen molar-refractivity contribution in [2.24, 2.45) is 5.92 Å². The number of carbonyl (C=O) groups excluding carboxylic acids is 4. The number of aldehydes is 1. The smallest absolute Gasteiger partial charge is 0.255 e. The molecule has 3 amide bonds. The molecule has 2 fully saturated rings. The maximum atomic E-state index is 14.0. The number of piperidine rings is 1. The molecule has 2 aromatic heterocycles. The number of fused-ring (bicyclic) bond motifs is 1. The first-order chi connectivity index (χ1) is 21.6. The van der Waals surface area contributed by atoms with Gasteiger partial charge in [0.05, 0.1) is 18.1 Å². The largest absolute Gasteiger partial charge is 0.322 e. The Morgan fingerprint density at radius 3 is 2.38 bits per heavy atom. The van der Waals surface area contributed by atoms with Crippen LogP contribution in [0.15, 0.2) is 42.7 Å². The molecule has 1 saturated carbocycles. The van der Waals surface area contributed by atoms with Crippen molar-refractivity contribution in [3.05, 3.63) is 94.1 Å². The van der Waals surface area contributed by atoms with E-state index in [0.717, 1.165) is 61.7 Å². The summed E-state index contributed by atoms with van der Waals surface area (Å²) < 4.78 is 51.5. The Morgan fingerprint density at radius 1 is 0.933 bits per heavy atom. The zero-order valence-electron chi connectivity index (χ0n) is 24.2. The molecular weight excluding hydrogens is 594 g/mol. The van der Waals surface area contributed by atoms with E-state index in [2.05, 4.69) is 20.6 Å². The number of nitrogens with zero attached hydrogens (tertiary/aromatic N) is 3. The van der Waals surface area contributed by atoms with E-state index in [0.29, 0.717) is 30.5 Å². The average molecular weight is 626 g/mol. The van der Waals surface area contributed by atoms with Crippen molar-refractivity contribution >= 4 is 24.0 Å². The number of rotatable bonds is 7. The molecule has 1 aliphatic carbocycles. The van der Waals surface area contributed by atoms with Gasteiger partial charge in [-0.05, 0) is 48.8 Å². The molecule has 2 aliphatic heterocycles. The second-order valence-corrected chi connectivity index (χ2v) is 11.3. The van der Waals surface area contributed by atoms with E-state index in [1.165, 1.54) is 0 Å². The van der Waals surface area contributed by atoms with Crippen molar-refractivity contribution < 1.29 is 36.7 Å². The first kappa shape index (κ1) is 31.9. The summed E-state index contributed by atoms with van der Waals surface area (Å²) in [6, 6.07) is 6.88. The van der Waals surface area contributed by atoms with Crippen LogP contribution in [0.3, 0.4) is 0 Å². The quantitative estimate of drug-likeness (QED) is 0.230. The highest BCUT2D eigenvalue weighted by Gasteiger charge is 2.39. The summed E-state index contributed by atoms with van der Waals surface area (Å²) in [5.74, 6) is -3.60. The molecule has 13 heteroatoms. The standard InChI is InChI=1S/C26H28F2N4O3.C6H3F2NO/c27-18-11-20(28)22(29-12-18)13-30-21-4-2-1-3-16(21)9-15-5-6-19-17(10-15)14-32(26(19)35)23-7-8-24(33)31-25(23)34;7-4-1-5(8)6(3-10)9-2-4/h5-6,10-12,16,21,23,30H,1-4,7-9,13-14H2,(H,31,33,34);1-3H/t16-,21+,23?;/m1./s1. The number of benzene rings is 1. The van der Waals surface area contributed by atoms with Gasteiger partial charge < -0.3 is 10.2 Å². The third-order valence-corrected chi connectivity index (χ3v) is 8.36. The van der Waals surface area contributed by atoms with Crippen molar-refractivity contribution in [3.63, 3.8) is 0 Å². The fourth-order valence-electron chi connectivity index (χ4n) is 6.09. The number of pyridine rings is 2. The van der Waals surface area contributed by atoms with Crippen molar-refractivity contribution in [1.29, 1.82) is 0 Å². The van der Waals surface area contributed by atoms with E-state index in [1.54, 1.807) is 4.90 Å². The fourth-order valence-corrected chi connectivity index (χ4v) is 6.09. The second-order valence-electron chi connectivity index (χ2n) is 11.3. The molecule has 4 heterocycles. The molecule has 45 heavy (non-hydrogen) atoms. The van der Waals surface area contributed by atoms with Gasteiger partial charge in [-0.2, -0.15) is 0 Å². The number of hydrogen-bond donors (Lipinski definition) is 2. The Bertz CT molecular complexity index is 1620. The number of imide groups is 1. The number of amides is 3. The summed E-state index contributed by atoms with van der Waals surface area (Å²) in [7, 11) is 0. The maximum absolute atomic E-state index is 14.0. The Morgan fingerprint density at radius 2 is 1.67 bits per heavy atom. The molecule has 0 bridgehead atoms. The molecule has 2 N–H and O–H groups in total. The molecule has 9 nitrogen and oxygen atoms in total. The van der Waals surface area contributed by atoms with Gasteiger partial charge >= 0.3 is 0 Å². The van der Waals surface area contributed by atoms with Gasteiger partial charge in [-0.1, -0.05) is 25.0 Å². The molecule has 3 aliphatic rings. The lowest BCUT2D eigenvalue weighted by Gasteiger charge is -2.32. The zero-order valence-corrected chi connectivity index (χ0v) is 24.2. The summed E-state index contributed by atoms with van der Waals surface area (Å²) in [6.07, 6.45) is 7.66. The molecule has 236 valence electrons. The summed E-state index contributed by atoms with van der Waals surface area (Å²) in [5, 5.41) is 5.76. The van der Waals surface area contributed by atoms with E-state index in [1.807, 2.05) is 18.2 Å². The number of aromatic nitrogens is 2. The van der Waals surface area contributed by atoms with E-state index in [-0.39, 0.29) is 48.5 Å². The van der Waals surface area contributed by atoms with Gasteiger partial charge in [0, 0.05) is 43.2 Å². The lowest BCUT2D eigenvalue weighted by Crippen LogP contribution is -2.52.